The second kappa shape index (κ2) is 14.6. The van der Waals surface area contributed by atoms with Crippen LogP contribution in [0.15, 0.2) is 101 Å². The van der Waals surface area contributed by atoms with Crippen LogP contribution >= 0.6 is 0 Å². The summed E-state index contributed by atoms with van der Waals surface area (Å²) in [7, 11) is 0. The third kappa shape index (κ3) is 10.1. The van der Waals surface area contributed by atoms with Crippen LogP contribution in [0, 0.1) is 5.46 Å². The summed E-state index contributed by atoms with van der Waals surface area (Å²) in [6.45, 7) is 0. The molecular formula is C17H17MoN4O+3. The summed E-state index contributed by atoms with van der Waals surface area (Å²) < 4.78 is 7.25. The summed E-state index contributed by atoms with van der Waals surface area (Å²) in [5.41, 5.74) is 9.41. The number of hydrogen-bond donors (Lipinski definition) is 1. The van der Waals surface area contributed by atoms with Gasteiger partial charge in [-0.15, -0.1) is 5.11 Å². The van der Waals surface area contributed by atoms with Crippen LogP contribution in [0.2, 0.25) is 0 Å². The van der Waals surface area contributed by atoms with Gasteiger partial charge in [-0.05, 0) is 12.1 Å². The van der Waals surface area contributed by atoms with Crippen molar-refractivity contribution in [2.24, 2.45) is 10.3 Å². The van der Waals surface area contributed by atoms with Crippen LogP contribution in [0.4, 0.5) is 11.4 Å². The molecule has 0 radical (unpaired) electrons. The Morgan fingerprint density at radius 3 is 1.78 bits per heavy atom. The van der Waals surface area contributed by atoms with E-state index in [2.05, 4.69) is 10.3 Å². The largest absolute Gasteiger partial charge is 2.00 e. The molecule has 0 bridgehead atoms. The van der Waals surface area contributed by atoms with Crippen LogP contribution in [0.25, 0.3) is 0 Å². The molecule has 114 valence electrons. The molecular weight excluding hydrogens is 372 g/mol. The predicted octanol–water partition coefficient (Wildman–Crippen LogP) is 3.88. The van der Waals surface area contributed by atoms with E-state index >= 15 is 0 Å². The number of benzene rings is 2. The number of nitrogens with two attached hydrogens (primary N) is 1. The fourth-order valence-electron chi connectivity index (χ4n) is 1.52. The Morgan fingerprint density at radius 1 is 0.783 bits per heavy atom. The molecule has 0 saturated carbocycles. The first kappa shape index (κ1) is 20.7. The van der Waals surface area contributed by atoms with E-state index in [1.807, 2.05) is 91.0 Å². The van der Waals surface area contributed by atoms with Crippen molar-refractivity contribution in [2.75, 3.05) is 0 Å². The molecule has 5 nitrogen and oxygen atoms in total. The summed E-state index contributed by atoms with van der Waals surface area (Å²) in [4.78, 5) is 0. The van der Waals surface area contributed by atoms with Gasteiger partial charge in [-0.25, -0.2) is 12.1 Å². The fraction of sp³-hybridized carbons (Fsp3) is 0. The van der Waals surface area contributed by atoms with Gasteiger partial charge >= 0.3 is 31.3 Å². The van der Waals surface area contributed by atoms with Gasteiger partial charge in [0.1, 0.15) is 0 Å². The molecule has 0 saturated heterocycles. The van der Waals surface area contributed by atoms with E-state index in [4.69, 9.17) is 10.2 Å². The Bertz CT molecular complexity index is 623. The van der Waals surface area contributed by atoms with Crippen molar-refractivity contribution in [3.05, 3.63) is 91.0 Å². The minimum atomic E-state index is 0. The Kier molecular flexibility index (Phi) is 13.2. The second-order valence-corrected chi connectivity index (χ2v) is 4.05. The summed E-state index contributed by atoms with van der Waals surface area (Å²) in [5.74, 6) is 0. The average Bonchev–Trinajstić information content (AvgIpc) is 3.19. The number of quaternary nitrogens is 1. The summed E-state index contributed by atoms with van der Waals surface area (Å²) in [6.07, 6.45) is 0. The van der Waals surface area contributed by atoms with Crippen molar-refractivity contribution in [2.45, 2.75) is 0 Å². The Labute approximate surface area is 149 Å². The van der Waals surface area contributed by atoms with Crippen LogP contribution in [-0.2, 0) is 25.8 Å². The molecule has 0 amide bonds. The van der Waals surface area contributed by atoms with Crippen molar-refractivity contribution < 1.29 is 31.3 Å². The van der Waals surface area contributed by atoms with Crippen LogP contribution in [-0.4, -0.2) is 0 Å². The van der Waals surface area contributed by atoms with Crippen molar-refractivity contribution >= 4 is 11.4 Å². The van der Waals surface area contributed by atoms with Crippen molar-refractivity contribution in [3.8, 4) is 0 Å². The second-order valence-electron chi connectivity index (χ2n) is 4.05. The van der Waals surface area contributed by atoms with E-state index in [1.54, 1.807) is 5.43 Å². The molecule has 6 heteroatoms. The maximum Gasteiger partial charge on any atom is 2.00 e. The third-order valence-corrected chi connectivity index (χ3v) is 2.49. The molecule has 23 heavy (non-hydrogen) atoms. The van der Waals surface area contributed by atoms with Crippen molar-refractivity contribution in [1.82, 2.24) is 0 Å². The standard InChI is InChI=1S/C12H11N3.C5H5.Mo.NO/c1-3-7-11(8-4-1)13-15-14-12-9-5-2-6-10-12;1-2-4-5-3-1;;1-2/h1-10H,(H,13,14);1-5H;;/q;-1;+2;+1/p+1. The van der Waals surface area contributed by atoms with E-state index in [0.717, 1.165) is 11.4 Å². The zero-order chi connectivity index (χ0) is 15.9. The minimum absolute atomic E-state index is 0. The van der Waals surface area contributed by atoms with Gasteiger partial charge in [-0.2, -0.15) is 23.6 Å². The van der Waals surface area contributed by atoms with E-state index in [0.29, 0.717) is 0 Å². The summed E-state index contributed by atoms with van der Waals surface area (Å²) >= 11 is 0. The monoisotopic (exact) mass is 391 g/mol. The maximum absolute atomic E-state index is 7.25. The fourth-order valence-corrected chi connectivity index (χ4v) is 1.52. The molecule has 0 aliphatic heterocycles. The molecule has 3 aromatic carbocycles. The van der Waals surface area contributed by atoms with Gasteiger partial charge < -0.3 is 0 Å². The van der Waals surface area contributed by atoms with Gasteiger partial charge in [0.2, 0.25) is 0 Å². The summed E-state index contributed by atoms with van der Waals surface area (Å²) in [6, 6.07) is 29.6. The Morgan fingerprint density at radius 2 is 1.30 bits per heavy atom. The van der Waals surface area contributed by atoms with Gasteiger partial charge in [0.05, 0.1) is 5.69 Å². The molecule has 3 rings (SSSR count). The van der Waals surface area contributed by atoms with Crippen LogP contribution < -0.4 is 5.43 Å². The van der Waals surface area contributed by atoms with Gasteiger partial charge in [0.15, 0.2) is 5.69 Å². The molecule has 0 spiro atoms. The zero-order valence-electron chi connectivity index (χ0n) is 12.4. The molecule has 0 aliphatic carbocycles. The van der Waals surface area contributed by atoms with Crippen molar-refractivity contribution in [3.63, 3.8) is 0 Å². The first-order valence-corrected chi connectivity index (χ1v) is 6.64. The zero-order valence-corrected chi connectivity index (χ0v) is 14.4. The van der Waals surface area contributed by atoms with E-state index in [9.17, 15) is 0 Å². The molecule has 2 N–H and O–H groups in total. The third-order valence-electron chi connectivity index (χ3n) is 2.49. The van der Waals surface area contributed by atoms with Gasteiger partial charge in [-0.1, -0.05) is 36.4 Å². The smallest absolute Gasteiger partial charge is 0.214 e. The normalized spacial score (nSPS) is 8.78. The minimum Gasteiger partial charge on any atom is -0.214 e. The van der Waals surface area contributed by atoms with Crippen LogP contribution in [0.5, 0.6) is 0 Å². The molecule has 0 aromatic heterocycles. The average molecular weight is 389 g/mol. The Hall–Kier alpha value is -2.29. The van der Waals surface area contributed by atoms with Crippen LogP contribution in [0.3, 0.4) is 0 Å². The summed E-state index contributed by atoms with van der Waals surface area (Å²) in [5, 5.41) is 8.08. The first-order chi connectivity index (χ1) is 10.9. The molecule has 0 unspecified atom stereocenters. The quantitative estimate of drug-likeness (QED) is 0.138. The van der Waals surface area contributed by atoms with E-state index < -0.39 is 0 Å². The van der Waals surface area contributed by atoms with Gasteiger partial charge in [0, 0.05) is 17.4 Å². The topological polar surface area (TPSA) is 85.0 Å². The maximum atomic E-state index is 7.25. The number of nitrogens with zero attached hydrogens (tertiary/aromatic N) is 3. The van der Waals surface area contributed by atoms with Gasteiger partial charge in [0.25, 0.3) is 0 Å². The SMILES string of the molecule is N#[O+].[Mo+2].c1cc[cH-]c1.c1ccc(N=N[NH2+]c2ccccc2)cc1. The molecule has 0 heterocycles. The molecule has 0 fully saturated rings. The molecule has 0 atom stereocenters. The number of hydrogen-bond acceptors (Lipinski definition) is 3. The molecule has 3 aromatic rings. The first-order valence-electron chi connectivity index (χ1n) is 6.64. The van der Waals surface area contributed by atoms with Crippen molar-refractivity contribution in [1.29, 1.82) is 5.46 Å². The Balaban J connectivity index is 0.000000512. The van der Waals surface area contributed by atoms with Crippen LogP contribution in [0.1, 0.15) is 0 Å². The van der Waals surface area contributed by atoms with Gasteiger partial charge in [-0.3, -0.25) is 0 Å². The van der Waals surface area contributed by atoms with E-state index in [1.165, 1.54) is 0 Å². The predicted molar refractivity (Wildman–Crippen MR) is 83.4 cm³/mol. The number of rotatable bonds is 3. The van der Waals surface area contributed by atoms with E-state index in [-0.39, 0.29) is 21.1 Å². The molecule has 0 aliphatic rings.